The number of nitrogens with zero attached hydrogens (tertiary/aromatic N) is 3. The van der Waals surface area contributed by atoms with E-state index in [1.807, 2.05) is 37.3 Å². The first kappa shape index (κ1) is 15.9. The lowest BCUT2D eigenvalue weighted by molar-refractivity contribution is 0.139. The Morgan fingerprint density at radius 2 is 2.24 bits per heavy atom. The Morgan fingerprint density at radius 1 is 1.28 bits per heavy atom. The van der Waals surface area contributed by atoms with Gasteiger partial charge in [0, 0.05) is 12.3 Å². The highest BCUT2D eigenvalue weighted by atomic mass is 32.1. The topological polar surface area (TPSA) is 81.2 Å². The molecule has 0 spiro atoms. The van der Waals surface area contributed by atoms with Gasteiger partial charge in [-0.2, -0.15) is 4.37 Å². The maximum atomic E-state index is 5.73. The van der Waals surface area contributed by atoms with Gasteiger partial charge in [0.2, 0.25) is 0 Å². The van der Waals surface area contributed by atoms with Crippen LogP contribution in [0.5, 0.6) is 5.75 Å². The number of anilines is 2. The molecule has 1 aliphatic rings. The van der Waals surface area contributed by atoms with Gasteiger partial charge in [-0.15, -0.1) is 0 Å². The molecule has 4 heterocycles. The van der Waals surface area contributed by atoms with Crippen molar-refractivity contribution in [1.29, 1.82) is 0 Å². The van der Waals surface area contributed by atoms with Crippen LogP contribution in [-0.2, 0) is 4.74 Å². The molecule has 0 amide bonds. The van der Waals surface area contributed by atoms with E-state index < -0.39 is 0 Å². The van der Waals surface area contributed by atoms with Crippen molar-refractivity contribution in [3.05, 3.63) is 48.3 Å². The highest BCUT2D eigenvalue weighted by Gasteiger charge is 2.16. The van der Waals surface area contributed by atoms with Crippen LogP contribution in [0.2, 0.25) is 0 Å². The molecule has 8 heteroatoms. The minimum atomic E-state index is -0.121. The zero-order valence-electron chi connectivity index (χ0n) is 13.6. The molecule has 0 aliphatic carbocycles. The van der Waals surface area contributed by atoms with Crippen LogP contribution in [0.3, 0.4) is 0 Å². The van der Waals surface area contributed by atoms with Gasteiger partial charge in [-0.1, -0.05) is 6.07 Å². The number of hydrogen-bond acceptors (Lipinski definition) is 8. The summed E-state index contributed by atoms with van der Waals surface area (Å²) in [7, 11) is 0. The van der Waals surface area contributed by atoms with Gasteiger partial charge in [0.25, 0.3) is 0 Å². The van der Waals surface area contributed by atoms with Crippen molar-refractivity contribution in [2.45, 2.75) is 13.2 Å². The summed E-state index contributed by atoms with van der Waals surface area (Å²) in [5, 5.41) is 7.30. The number of rotatable bonds is 5. The molecule has 3 aromatic rings. The lowest BCUT2D eigenvalue weighted by atomic mass is 10.2. The molecule has 1 unspecified atom stereocenters. The molecule has 25 heavy (non-hydrogen) atoms. The third-order valence-electron chi connectivity index (χ3n) is 3.72. The van der Waals surface area contributed by atoms with Crippen molar-refractivity contribution < 1.29 is 9.47 Å². The molecule has 1 aliphatic heterocycles. The molecule has 0 saturated carbocycles. The maximum Gasteiger partial charge on any atom is 0.175 e. The Balaban J connectivity index is 1.45. The largest absolute Gasteiger partial charge is 0.471 e. The van der Waals surface area contributed by atoms with E-state index in [1.165, 1.54) is 11.5 Å². The number of ether oxygens (including phenoxy) is 2. The molecule has 0 radical (unpaired) electrons. The van der Waals surface area contributed by atoms with E-state index >= 15 is 0 Å². The van der Waals surface area contributed by atoms with Gasteiger partial charge in [-0.25, -0.2) is 4.98 Å². The number of pyridine rings is 2. The zero-order valence-corrected chi connectivity index (χ0v) is 14.4. The molecular formula is C17H17N5O2S. The van der Waals surface area contributed by atoms with Gasteiger partial charge in [-0.3, -0.25) is 10.3 Å². The van der Waals surface area contributed by atoms with Gasteiger partial charge in [0.15, 0.2) is 6.23 Å². The fourth-order valence-electron chi connectivity index (χ4n) is 2.41. The number of aromatic nitrogens is 3. The van der Waals surface area contributed by atoms with E-state index in [0.29, 0.717) is 19.1 Å². The van der Waals surface area contributed by atoms with Gasteiger partial charge in [-0.05, 0) is 42.2 Å². The second kappa shape index (κ2) is 7.14. The predicted octanol–water partition coefficient (Wildman–Crippen LogP) is 2.93. The SMILES string of the molecule is Cc1cccnc1Nc1cc(-c2ccc(OC3COCN3)cn2)ns1. The summed E-state index contributed by atoms with van der Waals surface area (Å²) in [6, 6.07) is 9.68. The third-order valence-corrected chi connectivity index (χ3v) is 4.43. The van der Waals surface area contributed by atoms with Crippen LogP contribution in [0.4, 0.5) is 10.8 Å². The first-order valence-electron chi connectivity index (χ1n) is 7.87. The fourth-order valence-corrected chi connectivity index (χ4v) is 3.06. The van der Waals surface area contributed by atoms with Crippen LogP contribution in [0.15, 0.2) is 42.7 Å². The zero-order chi connectivity index (χ0) is 17.1. The van der Waals surface area contributed by atoms with Crippen molar-refractivity contribution in [2.75, 3.05) is 18.7 Å². The lowest BCUT2D eigenvalue weighted by Gasteiger charge is -2.11. The molecule has 4 rings (SSSR count). The summed E-state index contributed by atoms with van der Waals surface area (Å²) in [5.74, 6) is 1.53. The van der Waals surface area contributed by atoms with Gasteiger partial charge >= 0.3 is 0 Å². The Bertz CT molecular complexity index is 846. The first-order valence-corrected chi connectivity index (χ1v) is 8.65. The Labute approximate surface area is 149 Å². The van der Waals surface area contributed by atoms with E-state index in [1.54, 1.807) is 12.4 Å². The summed E-state index contributed by atoms with van der Waals surface area (Å²) >= 11 is 1.38. The Kier molecular flexibility index (Phi) is 4.55. The summed E-state index contributed by atoms with van der Waals surface area (Å²) in [6.45, 7) is 3.07. The summed E-state index contributed by atoms with van der Waals surface area (Å²) in [6.07, 6.45) is 3.34. The second-order valence-corrected chi connectivity index (χ2v) is 6.38. The summed E-state index contributed by atoms with van der Waals surface area (Å²) < 4.78 is 15.4. The highest BCUT2D eigenvalue weighted by Crippen LogP contribution is 2.28. The van der Waals surface area contributed by atoms with E-state index in [4.69, 9.17) is 9.47 Å². The minimum absolute atomic E-state index is 0.121. The molecule has 3 aromatic heterocycles. The Hall–Kier alpha value is -2.55. The van der Waals surface area contributed by atoms with Crippen molar-refractivity contribution in [2.24, 2.45) is 0 Å². The molecular weight excluding hydrogens is 338 g/mol. The average molecular weight is 355 g/mol. The van der Waals surface area contributed by atoms with E-state index in [0.717, 1.165) is 27.8 Å². The molecule has 1 fully saturated rings. The van der Waals surface area contributed by atoms with Crippen LogP contribution in [0.1, 0.15) is 5.56 Å². The van der Waals surface area contributed by atoms with Crippen LogP contribution in [0.25, 0.3) is 11.4 Å². The third kappa shape index (κ3) is 3.76. The highest BCUT2D eigenvalue weighted by molar-refractivity contribution is 7.10. The number of nitrogens with one attached hydrogen (secondary N) is 2. The summed E-state index contributed by atoms with van der Waals surface area (Å²) in [4.78, 5) is 8.77. The van der Waals surface area contributed by atoms with Crippen molar-refractivity contribution in [1.82, 2.24) is 19.7 Å². The van der Waals surface area contributed by atoms with Gasteiger partial charge < -0.3 is 14.8 Å². The number of aryl methyl sites for hydroxylation is 1. The van der Waals surface area contributed by atoms with E-state index in [-0.39, 0.29) is 6.23 Å². The fraction of sp³-hybridized carbons (Fsp3) is 0.235. The normalized spacial score (nSPS) is 16.8. The van der Waals surface area contributed by atoms with Crippen LogP contribution in [-0.4, -0.2) is 33.9 Å². The lowest BCUT2D eigenvalue weighted by Crippen LogP contribution is -2.29. The van der Waals surface area contributed by atoms with Gasteiger partial charge in [0.05, 0.1) is 25.2 Å². The van der Waals surface area contributed by atoms with Crippen LogP contribution < -0.4 is 15.4 Å². The molecule has 0 bridgehead atoms. The molecule has 1 atom stereocenters. The molecule has 0 aromatic carbocycles. The first-order chi connectivity index (χ1) is 12.3. The quantitative estimate of drug-likeness (QED) is 0.728. The van der Waals surface area contributed by atoms with Crippen molar-refractivity contribution >= 4 is 22.4 Å². The molecule has 128 valence electrons. The van der Waals surface area contributed by atoms with Crippen LogP contribution >= 0.6 is 11.5 Å². The second-order valence-electron chi connectivity index (χ2n) is 5.58. The molecule has 1 saturated heterocycles. The summed E-state index contributed by atoms with van der Waals surface area (Å²) in [5.41, 5.74) is 2.70. The smallest absolute Gasteiger partial charge is 0.175 e. The monoisotopic (exact) mass is 355 g/mol. The molecule has 7 nitrogen and oxygen atoms in total. The van der Waals surface area contributed by atoms with Crippen molar-refractivity contribution in [3.8, 4) is 17.1 Å². The minimum Gasteiger partial charge on any atom is -0.471 e. The van der Waals surface area contributed by atoms with E-state index in [2.05, 4.69) is 25.0 Å². The van der Waals surface area contributed by atoms with Gasteiger partial charge in [0.1, 0.15) is 22.3 Å². The predicted molar refractivity (Wildman–Crippen MR) is 96.0 cm³/mol. The standard InChI is InChI=1S/C17H17N5O2S/c1-11-3-2-6-18-17(11)21-16-7-14(22-25-16)13-5-4-12(8-19-13)24-15-9-23-10-20-15/h2-8,15,20H,9-10H2,1H3,(H,18,21). The number of hydrogen-bond donors (Lipinski definition) is 2. The molecule has 2 N–H and O–H groups in total. The maximum absolute atomic E-state index is 5.73. The van der Waals surface area contributed by atoms with Crippen LogP contribution in [0, 0.1) is 6.92 Å². The van der Waals surface area contributed by atoms with E-state index in [9.17, 15) is 0 Å². The van der Waals surface area contributed by atoms with Crippen molar-refractivity contribution in [3.63, 3.8) is 0 Å². The Morgan fingerprint density at radius 3 is 3.00 bits per heavy atom. The average Bonchev–Trinajstić information content (AvgIpc) is 3.30.